The Balaban J connectivity index is 2.12. The first-order valence-electron chi connectivity index (χ1n) is 5.93. The van der Waals surface area contributed by atoms with E-state index < -0.39 is 0 Å². The van der Waals surface area contributed by atoms with Crippen molar-refractivity contribution >= 4 is 12.2 Å². The van der Waals surface area contributed by atoms with Gasteiger partial charge in [-0.25, -0.2) is 4.98 Å². The molecule has 3 rings (SSSR count). The van der Waals surface area contributed by atoms with Gasteiger partial charge in [0.05, 0.1) is 5.41 Å². The van der Waals surface area contributed by atoms with Gasteiger partial charge < -0.3 is 4.98 Å². The fourth-order valence-corrected chi connectivity index (χ4v) is 2.72. The summed E-state index contributed by atoms with van der Waals surface area (Å²) in [6.07, 6.45) is 5.36. The van der Waals surface area contributed by atoms with Crippen LogP contribution in [0.3, 0.4) is 0 Å². The third-order valence-electron chi connectivity index (χ3n) is 3.66. The molecular weight excluding hydrogens is 228 g/mol. The van der Waals surface area contributed by atoms with Gasteiger partial charge in [0.1, 0.15) is 10.5 Å². The van der Waals surface area contributed by atoms with Crippen LogP contribution in [0.4, 0.5) is 0 Å². The first-order valence-corrected chi connectivity index (χ1v) is 6.33. The van der Waals surface area contributed by atoms with Crippen LogP contribution in [-0.4, -0.2) is 9.97 Å². The first-order chi connectivity index (χ1) is 8.31. The lowest BCUT2D eigenvalue weighted by molar-refractivity contribution is 0.285. The summed E-state index contributed by atoms with van der Waals surface area (Å²) in [5.41, 5.74) is 1.41. The van der Waals surface area contributed by atoms with Gasteiger partial charge in [-0.1, -0.05) is 49.0 Å². The lowest BCUT2D eigenvalue weighted by Crippen LogP contribution is -2.37. The van der Waals surface area contributed by atoms with E-state index in [1.807, 2.05) is 6.07 Å². The van der Waals surface area contributed by atoms with E-state index in [4.69, 9.17) is 12.2 Å². The minimum Gasteiger partial charge on any atom is -0.334 e. The predicted molar refractivity (Wildman–Crippen MR) is 70.5 cm³/mol. The van der Waals surface area contributed by atoms with Gasteiger partial charge in [0.15, 0.2) is 0 Å². The Kier molecular flexibility index (Phi) is 2.56. The van der Waals surface area contributed by atoms with E-state index in [0.717, 1.165) is 23.3 Å². The molecule has 1 N–H and O–H groups in total. The summed E-state index contributed by atoms with van der Waals surface area (Å²) in [4.78, 5) is 7.74. The smallest absolute Gasteiger partial charge is 0.117 e. The molecule has 1 heterocycles. The number of H-pyrrole nitrogens is 1. The van der Waals surface area contributed by atoms with Crippen molar-refractivity contribution in [3.8, 4) is 0 Å². The number of hydrogen-bond donors (Lipinski definition) is 1. The number of benzene rings is 1. The van der Waals surface area contributed by atoms with E-state index in [1.54, 1.807) is 6.20 Å². The Bertz CT molecular complexity index is 570. The van der Waals surface area contributed by atoms with Crippen molar-refractivity contribution in [2.24, 2.45) is 0 Å². The second kappa shape index (κ2) is 4.08. The molecule has 1 fully saturated rings. The Morgan fingerprint density at radius 3 is 2.47 bits per heavy atom. The molecule has 0 bridgehead atoms. The molecule has 1 aliphatic carbocycles. The van der Waals surface area contributed by atoms with Crippen molar-refractivity contribution in [2.45, 2.75) is 24.7 Å². The molecule has 2 nitrogen and oxygen atoms in total. The summed E-state index contributed by atoms with van der Waals surface area (Å²) < 4.78 is 0.761. The highest BCUT2D eigenvalue weighted by molar-refractivity contribution is 7.71. The van der Waals surface area contributed by atoms with Gasteiger partial charge in [-0.05, 0) is 24.5 Å². The second-order valence-electron chi connectivity index (χ2n) is 4.58. The van der Waals surface area contributed by atoms with Crippen LogP contribution in [0.25, 0.3) is 0 Å². The zero-order valence-corrected chi connectivity index (χ0v) is 10.3. The summed E-state index contributed by atoms with van der Waals surface area (Å²) in [6.45, 7) is 0. The van der Waals surface area contributed by atoms with Gasteiger partial charge >= 0.3 is 0 Å². The molecule has 0 amide bonds. The van der Waals surface area contributed by atoms with Gasteiger partial charge in [-0.15, -0.1) is 0 Å². The Morgan fingerprint density at radius 1 is 1.12 bits per heavy atom. The molecule has 0 spiro atoms. The lowest BCUT2D eigenvalue weighted by Gasteiger charge is -2.41. The van der Waals surface area contributed by atoms with Gasteiger partial charge in [-0.3, -0.25) is 0 Å². The van der Waals surface area contributed by atoms with Crippen molar-refractivity contribution in [3.63, 3.8) is 0 Å². The maximum atomic E-state index is 5.19. The van der Waals surface area contributed by atoms with Crippen molar-refractivity contribution < 1.29 is 0 Å². The van der Waals surface area contributed by atoms with Crippen molar-refractivity contribution in [1.29, 1.82) is 0 Å². The standard InChI is InChI=1S/C14H14N2S/c17-12-7-10-15-13(16-12)14(8-4-9-14)11-5-2-1-3-6-11/h1-3,5-7,10H,4,8-9H2,(H,15,16,17). The van der Waals surface area contributed by atoms with Crippen LogP contribution in [0.15, 0.2) is 42.6 Å². The Hall–Kier alpha value is -1.48. The topological polar surface area (TPSA) is 28.7 Å². The van der Waals surface area contributed by atoms with Crippen LogP contribution in [0.2, 0.25) is 0 Å². The molecule has 2 aromatic rings. The summed E-state index contributed by atoms with van der Waals surface area (Å²) in [5, 5.41) is 0. The zero-order valence-electron chi connectivity index (χ0n) is 9.52. The van der Waals surface area contributed by atoms with Crippen LogP contribution >= 0.6 is 12.2 Å². The van der Waals surface area contributed by atoms with E-state index in [9.17, 15) is 0 Å². The molecule has 17 heavy (non-hydrogen) atoms. The van der Waals surface area contributed by atoms with E-state index in [0.29, 0.717) is 0 Å². The minimum absolute atomic E-state index is 0.0656. The second-order valence-corrected chi connectivity index (χ2v) is 5.02. The molecule has 86 valence electrons. The fourth-order valence-electron chi connectivity index (χ4n) is 2.56. The molecule has 1 aromatic heterocycles. The summed E-state index contributed by atoms with van der Waals surface area (Å²) >= 11 is 5.19. The molecule has 1 saturated carbocycles. The zero-order chi connectivity index (χ0) is 11.7. The highest BCUT2D eigenvalue weighted by atomic mass is 32.1. The van der Waals surface area contributed by atoms with Gasteiger partial charge in [0.25, 0.3) is 0 Å². The Labute approximate surface area is 106 Å². The molecule has 0 saturated heterocycles. The average Bonchev–Trinajstić information content (AvgIpc) is 2.29. The maximum Gasteiger partial charge on any atom is 0.117 e. The lowest BCUT2D eigenvalue weighted by atomic mass is 9.64. The number of aromatic amines is 1. The molecule has 3 heteroatoms. The SMILES string of the molecule is S=c1ccnc(C2(c3ccccc3)CCC2)[nH]1. The Morgan fingerprint density at radius 2 is 1.88 bits per heavy atom. The third kappa shape index (κ3) is 1.71. The molecule has 1 aliphatic rings. The molecule has 0 unspecified atom stereocenters. The normalized spacial score (nSPS) is 17.4. The highest BCUT2D eigenvalue weighted by Gasteiger charge is 2.42. The van der Waals surface area contributed by atoms with E-state index in [2.05, 4.69) is 40.3 Å². The number of nitrogens with zero attached hydrogens (tertiary/aromatic N) is 1. The molecular formula is C14H14N2S. The van der Waals surface area contributed by atoms with Gasteiger partial charge in [0, 0.05) is 6.20 Å². The number of rotatable bonds is 2. The quantitative estimate of drug-likeness (QED) is 0.815. The van der Waals surface area contributed by atoms with Gasteiger partial charge in [0.2, 0.25) is 0 Å². The van der Waals surface area contributed by atoms with Crippen LogP contribution < -0.4 is 0 Å². The minimum atomic E-state index is 0.0656. The van der Waals surface area contributed by atoms with Crippen LogP contribution in [0.1, 0.15) is 30.7 Å². The highest BCUT2D eigenvalue weighted by Crippen LogP contribution is 2.47. The first kappa shape index (κ1) is 10.7. The van der Waals surface area contributed by atoms with Crippen LogP contribution in [-0.2, 0) is 5.41 Å². The monoisotopic (exact) mass is 242 g/mol. The number of hydrogen-bond acceptors (Lipinski definition) is 2. The largest absolute Gasteiger partial charge is 0.334 e. The van der Waals surface area contributed by atoms with Gasteiger partial charge in [-0.2, -0.15) is 0 Å². The van der Waals surface area contributed by atoms with Crippen molar-refractivity contribution in [3.05, 3.63) is 58.6 Å². The van der Waals surface area contributed by atoms with Crippen LogP contribution in [0.5, 0.6) is 0 Å². The number of aromatic nitrogens is 2. The van der Waals surface area contributed by atoms with Crippen molar-refractivity contribution in [2.75, 3.05) is 0 Å². The third-order valence-corrected chi connectivity index (χ3v) is 3.90. The van der Waals surface area contributed by atoms with Crippen molar-refractivity contribution in [1.82, 2.24) is 9.97 Å². The molecule has 1 aromatic carbocycles. The molecule has 0 atom stereocenters. The number of nitrogens with one attached hydrogen (secondary N) is 1. The maximum absolute atomic E-state index is 5.19. The average molecular weight is 242 g/mol. The molecule has 0 aliphatic heterocycles. The summed E-state index contributed by atoms with van der Waals surface area (Å²) in [6, 6.07) is 12.4. The summed E-state index contributed by atoms with van der Waals surface area (Å²) in [5.74, 6) is 1.02. The van der Waals surface area contributed by atoms with E-state index in [1.165, 1.54) is 12.0 Å². The van der Waals surface area contributed by atoms with E-state index in [-0.39, 0.29) is 5.41 Å². The predicted octanol–water partition coefficient (Wildman–Crippen LogP) is 3.61. The van der Waals surface area contributed by atoms with Crippen LogP contribution in [0, 0.1) is 4.64 Å². The molecule has 0 radical (unpaired) electrons. The summed E-state index contributed by atoms with van der Waals surface area (Å²) in [7, 11) is 0. The van der Waals surface area contributed by atoms with E-state index >= 15 is 0 Å². The fraction of sp³-hybridized carbons (Fsp3) is 0.286.